The van der Waals surface area contributed by atoms with Gasteiger partial charge in [0.2, 0.25) is 0 Å². The Kier molecular flexibility index (Phi) is 4.43. The lowest BCUT2D eigenvalue weighted by Gasteiger charge is -2.08. The average molecular weight is 381 g/mol. The number of halogens is 2. The second-order valence-corrected chi connectivity index (χ2v) is 6.86. The Hall–Kier alpha value is -1.02. The maximum Gasteiger partial charge on any atom is 0.266 e. The maximum atomic E-state index is 12.2. The highest BCUT2D eigenvalue weighted by Crippen LogP contribution is 2.29. The number of hydrogen-bond acceptors (Lipinski definition) is 4. The molecule has 1 heterocycles. The summed E-state index contributed by atoms with van der Waals surface area (Å²) < 4.78 is 31.9. The first-order chi connectivity index (χ1) is 9.33. The van der Waals surface area contributed by atoms with E-state index < -0.39 is 10.0 Å². The second-order valence-electron chi connectivity index (χ2n) is 4.08. The molecule has 0 radical (unpaired) electrons. The number of sulfonamides is 1. The Morgan fingerprint density at radius 1 is 1.40 bits per heavy atom. The van der Waals surface area contributed by atoms with Gasteiger partial charge in [-0.25, -0.2) is 8.42 Å². The van der Waals surface area contributed by atoms with E-state index in [1.807, 2.05) is 6.92 Å². The Bertz CT molecular complexity index is 742. The quantitative estimate of drug-likeness (QED) is 0.853. The van der Waals surface area contributed by atoms with E-state index in [1.165, 1.54) is 12.1 Å². The van der Waals surface area contributed by atoms with Crippen molar-refractivity contribution in [3.63, 3.8) is 0 Å². The SMILES string of the molecule is Cc1ccc(NS(=O)(=O)c2cc(CO)oc2Br)cc1Cl. The van der Waals surface area contributed by atoms with E-state index in [2.05, 4.69) is 20.7 Å². The lowest BCUT2D eigenvalue weighted by atomic mass is 10.2. The predicted molar refractivity (Wildman–Crippen MR) is 79.3 cm³/mol. The van der Waals surface area contributed by atoms with E-state index in [0.717, 1.165) is 5.56 Å². The monoisotopic (exact) mass is 379 g/mol. The molecule has 0 unspecified atom stereocenters. The molecule has 0 spiro atoms. The van der Waals surface area contributed by atoms with E-state index in [4.69, 9.17) is 21.1 Å². The van der Waals surface area contributed by atoms with Crippen LogP contribution in [0.1, 0.15) is 11.3 Å². The Labute approximate surface area is 129 Å². The molecule has 1 aromatic carbocycles. The number of anilines is 1. The molecule has 1 aromatic heterocycles. The van der Waals surface area contributed by atoms with Gasteiger partial charge in [-0.1, -0.05) is 17.7 Å². The Balaban J connectivity index is 2.35. The first kappa shape index (κ1) is 15.4. The number of furan rings is 1. The first-order valence-electron chi connectivity index (χ1n) is 5.51. The van der Waals surface area contributed by atoms with Crippen molar-refractivity contribution in [3.05, 3.63) is 45.3 Å². The topological polar surface area (TPSA) is 79.5 Å². The largest absolute Gasteiger partial charge is 0.450 e. The number of hydrogen-bond donors (Lipinski definition) is 2. The van der Waals surface area contributed by atoms with Crippen LogP contribution < -0.4 is 4.72 Å². The van der Waals surface area contributed by atoms with E-state index >= 15 is 0 Å². The van der Waals surface area contributed by atoms with Crippen LogP contribution in [0, 0.1) is 6.92 Å². The van der Waals surface area contributed by atoms with Crippen molar-refractivity contribution in [2.75, 3.05) is 4.72 Å². The molecule has 2 aromatic rings. The lowest BCUT2D eigenvalue weighted by Crippen LogP contribution is -2.12. The number of aliphatic hydroxyl groups excluding tert-OH is 1. The van der Waals surface area contributed by atoms with E-state index in [-0.39, 0.29) is 21.9 Å². The molecule has 0 aliphatic carbocycles. The summed E-state index contributed by atoms with van der Waals surface area (Å²) in [5, 5.41) is 9.42. The van der Waals surface area contributed by atoms with Gasteiger partial charge in [0.25, 0.3) is 10.0 Å². The molecule has 0 saturated carbocycles. The van der Waals surface area contributed by atoms with E-state index in [0.29, 0.717) is 10.7 Å². The van der Waals surface area contributed by atoms with Crippen molar-refractivity contribution >= 4 is 43.2 Å². The van der Waals surface area contributed by atoms with Crippen LogP contribution in [0.5, 0.6) is 0 Å². The summed E-state index contributed by atoms with van der Waals surface area (Å²) >= 11 is 8.96. The third-order valence-electron chi connectivity index (χ3n) is 2.58. The average Bonchev–Trinajstić information content (AvgIpc) is 2.76. The summed E-state index contributed by atoms with van der Waals surface area (Å²) in [5.74, 6) is 0.152. The van der Waals surface area contributed by atoms with Gasteiger partial charge in [-0.2, -0.15) is 0 Å². The van der Waals surface area contributed by atoms with Gasteiger partial charge >= 0.3 is 0 Å². The van der Waals surface area contributed by atoms with Gasteiger partial charge in [-0.05, 0) is 40.5 Å². The molecule has 0 atom stereocenters. The van der Waals surface area contributed by atoms with Crippen LogP contribution in [0.2, 0.25) is 5.02 Å². The van der Waals surface area contributed by atoms with Crippen molar-refractivity contribution in [2.24, 2.45) is 0 Å². The van der Waals surface area contributed by atoms with Crippen molar-refractivity contribution in [3.8, 4) is 0 Å². The zero-order valence-corrected chi connectivity index (χ0v) is 13.5. The second kappa shape index (κ2) is 5.77. The summed E-state index contributed by atoms with van der Waals surface area (Å²) in [6.45, 7) is 1.44. The van der Waals surface area contributed by atoms with Crippen LogP contribution in [-0.2, 0) is 16.6 Å². The molecule has 108 valence electrons. The van der Waals surface area contributed by atoms with Crippen LogP contribution in [0.15, 0.2) is 38.2 Å². The van der Waals surface area contributed by atoms with Crippen LogP contribution in [0.3, 0.4) is 0 Å². The third-order valence-corrected chi connectivity index (χ3v) is 5.22. The molecule has 8 heteroatoms. The Morgan fingerprint density at radius 2 is 2.10 bits per heavy atom. The molecule has 20 heavy (non-hydrogen) atoms. The summed E-state index contributed by atoms with van der Waals surface area (Å²) in [6.07, 6.45) is 0. The third kappa shape index (κ3) is 3.17. The number of aliphatic hydroxyl groups is 1. The number of aryl methyl sites for hydroxylation is 1. The fourth-order valence-corrected chi connectivity index (χ4v) is 3.75. The molecular formula is C12H11BrClNO4S. The highest BCUT2D eigenvalue weighted by molar-refractivity contribution is 9.10. The molecule has 5 nitrogen and oxygen atoms in total. The fraction of sp³-hybridized carbons (Fsp3) is 0.167. The van der Waals surface area contributed by atoms with Crippen LogP contribution in [0.4, 0.5) is 5.69 Å². The van der Waals surface area contributed by atoms with Crippen molar-refractivity contribution in [1.29, 1.82) is 0 Å². The summed E-state index contributed by atoms with van der Waals surface area (Å²) in [5.41, 5.74) is 1.20. The summed E-state index contributed by atoms with van der Waals surface area (Å²) in [4.78, 5) is -0.0850. The highest BCUT2D eigenvalue weighted by atomic mass is 79.9. The zero-order valence-electron chi connectivity index (χ0n) is 10.4. The number of rotatable bonds is 4. The van der Waals surface area contributed by atoms with Gasteiger partial charge in [0, 0.05) is 11.1 Å². The van der Waals surface area contributed by atoms with Gasteiger partial charge in [0.1, 0.15) is 17.3 Å². The molecule has 2 rings (SSSR count). The number of benzene rings is 1. The van der Waals surface area contributed by atoms with Gasteiger partial charge in [-0.15, -0.1) is 0 Å². The number of nitrogens with one attached hydrogen (secondary N) is 1. The smallest absolute Gasteiger partial charge is 0.266 e. The summed E-state index contributed by atoms with van der Waals surface area (Å²) in [7, 11) is -3.82. The van der Waals surface area contributed by atoms with Crippen LogP contribution in [-0.4, -0.2) is 13.5 Å². The van der Waals surface area contributed by atoms with Gasteiger partial charge in [0.05, 0.1) is 5.69 Å². The minimum Gasteiger partial charge on any atom is -0.450 e. The minimum absolute atomic E-state index is 0.0345. The van der Waals surface area contributed by atoms with Crippen molar-refractivity contribution < 1.29 is 17.9 Å². The summed E-state index contributed by atoms with van der Waals surface area (Å²) in [6, 6.07) is 6.10. The highest BCUT2D eigenvalue weighted by Gasteiger charge is 2.22. The molecule has 0 fully saturated rings. The molecule has 0 aliphatic rings. The molecule has 2 N–H and O–H groups in total. The zero-order chi connectivity index (χ0) is 14.9. The van der Waals surface area contributed by atoms with E-state index in [1.54, 1.807) is 12.1 Å². The van der Waals surface area contributed by atoms with Crippen molar-refractivity contribution in [1.82, 2.24) is 0 Å². The van der Waals surface area contributed by atoms with Crippen LogP contribution >= 0.6 is 27.5 Å². The van der Waals surface area contributed by atoms with Gasteiger partial charge in [0.15, 0.2) is 4.67 Å². The first-order valence-corrected chi connectivity index (χ1v) is 8.17. The van der Waals surface area contributed by atoms with E-state index in [9.17, 15) is 8.42 Å². The fourth-order valence-electron chi connectivity index (χ4n) is 1.53. The van der Waals surface area contributed by atoms with Gasteiger partial charge in [-0.3, -0.25) is 4.72 Å². The molecule has 0 saturated heterocycles. The standard InChI is InChI=1S/C12H11BrClNO4S/c1-7-2-3-8(4-10(7)14)15-20(17,18)11-5-9(6-16)19-12(11)13/h2-5,15-16H,6H2,1H3. The molecule has 0 amide bonds. The molecule has 0 bridgehead atoms. The predicted octanol–water partition coefficient (Wildman–Crippen LogP) is 3.30. The van der Waals surface area contributed by atoms with Crippen molar-refractivity contribution in [2.45, 2.75) is 18.4 Å². The molecule has 0 aliphatic heterocycles. The lowest BCUT2D eigenvalue weighted by molar-refractivity contribution is 0.245. The molecular weight excluding hydrogens is 370 g/mol. The van der Waals surface area contributed by atoms with Crippen LogP contribution in [0.25, 0.3) is 0 Å². The Morgan fingerprint density at radius 3 is 2.65 bits per heavy atom. The minimum atomic E-state index is -3.82. The normalized spacial score (nSPS) is 11.6. The maximum absolute atomic E-state index is 12.2. The van der Waals surface area contributed by atoms with Gasteiger partial charge < -0.3 is 9.52 Å².